The van der Waals surface area contributed by atoms with E-state index in [0.29, 0.717) is 5.91 Å². The number of carbonyl (C=O) groups is 1. The van der Waals surface area contributed by atoms with Gasteiger partial charge < -0.3 is 15.1 Å². The smallest absolute Gasteiger partial charge is 0.225 e. The maximum absolute atomic E-state index is 12.7. The monoisotopic (exact) mass is 468 g/mol. The first-order chi connectivity index (χ1) is 15.7. The number of aryl methyl sites for hydroxylation is 1. The Morgan fingerprint density at radius 3 is 2.45 bits per heavy atom. The van der Waals surface area contributed by atoms with Gasteiger partial charge in [-0.1, -0.05) is 48.9 Å². The fourth-order valence-corrected chi connectivity index (χ4v) is 5.29. The standard InChI is InChI=1S/C25H36N6OS/c1-7-18(8-2)22(32)29-12-14-30(15-13-29)24-28-31-21(27-25(4,5)6)20(26-23(31)33-24)19-11-9-10-17(3)16-19/h9-11,16,18,27H,7-8,12-15H2,1-6H3. The van der Waals surface area contributed by atoms with Crippen LogP contribution in [0.3, 0.4) is 0 Å². The molecule has 1 saturated heterocycles. The molecule has 33 heavy (non-hydrogen) atoms. The molecule has 0 aliphatic carbocycles. The summed E-state index contributed by atoms with van der Waals surface area (Å²) in [6.07, 6.45) is 1.82. The number of piperazine rings is 1. The van der Waals surface area contributed by atoms with Crippen molar-refractivity contribution in [3.05, 3.63) is 29.8 Å². The highest BCUT2D eigenvalue weighted by Gasteiger charge is 2.28. The minimum absolute atomic E-state index is 0.126. The van der Waals surface area contributed by atoms with Crippen molar-refractivity contribution in [1.82, 2.24) is 19.5 Å². The topological polar surface area (TPSA) is 65.8 Å². The molecule has 0 atom stereocenters. The Labute approximate surface area is 200 Å². The third-order valence-electron chi connectivity index (χ3n) is 6.17. The van der Waals surface area contributed by atoms with Crippen molar-refractivity contribution in [3.8, 4) is 11.3 Å². The number of fused-ring (bicyclic) bond motifs is 1. The van der Waals surface area contributed by atoms with E-state index in [0.717, 1.165) is 66.2 Å². The summed E-state index contributed by atoms with van der Waals surface area (Å²) in [6.45, 7) is 15.8. The molecular formula is C25H36N6OS. The number of anilines is 2. The Hall–Kier alpha value is -2.61. The van der Waals surface area contributed by atoms with Gasteiger partial charge in [-0.3, -0.25) is 4.79 Å². The number of hydrogen-bond acceptors (Lipinski definition) is 6. The van der Waals surface area contributed by atoms with E-state index in [1.54, 1.807) is 11.3 Å². The summed E-state index contributed by atoms with van der Waals surface area (Å²) in [5.74, 6) is 1.37. The van der Waals surface area contributed by atoms with Crippen molar-refractivity contribution in [3.63, 3.8) is 0 Å². The van der Waals surface area contributed by atoms with Gasteiger partial charge in [0.15, 0.2) is 5.82 Å². The van der Waals surface area contributed by atoms with Gasteiger partial charge in [-0.2, -0.15) is 4.52 Å². The van der Waals surface area contributed by atoms with Crippen molar-refractivity contribution in [2.45, 2.75) is 59.9 Å². The molecule has 1 fully saturated rings. The van der Waals surface area contributed by atoms with Crippen LogP contribution in [0.1, 0.15) is 53.0 Å². The molecule has 1 aromatic carbocycles. The lowest BCUT2D eigenvalue weighted by molar-refractivity contribution is -0.136. The molecule has 0 radical (unpaired) electrons. The maximum Gasteiger partial charge on any atom is 0.225 e. The highest BCUT2D eigenvalue weighted by Crippen LogP contribution is 2.35. The summed E-state index contributed by atoms with van der Waals surface area (Å²) in [6, 6.07) is 8.44. The van der Waals surface area contributed by atoms with Crippen LogP contribution in [0.15, 0.2) is 24.3 Å². The average Bonchev–Trinajstić information content (AvgIpc) is 3.33. The summed E-state index contributed by atoms with van der Waals surface area (Å²) in [7, 11) is 0. The normalized spacial score (nSPS) is 15.0. The fourth-order valence-electron chi connectivity index (χ4n) is 4.34. The van der Waals surface area contributed by atoms with Crippen LogP contribution in [-0.4, -0.2) is 57.1 Å². The van der Waals surface area contributed by atoms with E-state index in [1.165, 1.54) is 5.56 Å². The van der Waals surface area contributed by atoms with E-state index < -0.39 is 0 Å². The van der Waals surface area contributed by atoms with Gasteiger partial charge in [-0.25, -0.2) is 4.98 Å². The Kier molecular flexibility index (Phi) is 6.66. The second-order valence-electron chi connectivity index (χ2n) is 9.96. The van der Waals surface area contributed by atoms with Gasteiger partial charge in [0.25, 0.3) is 0 Å². The van der Waals surface area contributed by atoms with Gasteiger partial charge in [-0.15, -0.1) is 5.10 Å². The van der Waals surface area contributed by atoms with Crippen molar-refractivity contribution in [1.29, 1.82) is 0 Å². The molecule has 0 spiro atoms. The molecule has 7 nitrogen and oxygen atoms in total. The molecule has 0 bridgehead atoms. The molecule has 3 aromatic rings. The van der Waals surface area contributed by atoms with Gasteiger partial charge in [0, 0.05) is 43.2 Å². The van der Waals surface area contributed by atoms with Crippen LogP contribution in [0.5, 0.6) is 0 Å². The number of nitrogens with one attached hydrogen (secondary N) is 1. The van der Waals surface area contributed by atoms with E-state index in [-0.39, 0.29) is 11.5 Å². The first-order valence-corrected chi connectivity index (χ1v) is 12.8. The molecule has 2 aromatic heterocycles. The Morgan fingerprint density at radius 2 is 1.85 bits per heavy atom. The van der Waals surface area contributed by atoms with Crippen molar-refractivity contribution >= 4 is 33.2 Å². The SMILES string of the molecule is CCC(CC)C(=O)N1CCN(c2nn3c(NC(C)(C)C)c(-c4cccc(C)c4)nc3s2)CC1. The molecule has 1 N–H and O–H groups in total. The molecule has 1 aliphatic heterocycles. The zero-order chi connectivity index (χ0) is 23.8. The second kappa shape index (κ2) is 9.33. The van der Waals surface area contributed by atoms with Gasteiger partial charge in [-0.05, 0) is 46.6 Å². The van der Waals surface area contributed by atoms with E-state index in [9.17, 15) is 4.79 Å². The van der Waals surface area contributed by atoms with Gasteiger partial charge in [0.05, 0.1) is 0 Å². The lowest BCUT2D eigenvalue weighted by Crippen LogP contribution is -2.50. The molecule has 1 amide bonds. The van der Waals surface area contributed by atoms with Crippen LogP contribution >= 0.6 is 11.3 Å². The molecule has 0 unspecified atom stereocenters. The Morgan fingerprint density at radius 1 is 1.15 bits per heavy atom. The average molecular weight is 469 g/mol. The predicted molar refractivity (Wildman–Crippen MR) is 137 cm³/mol. The number of carbonyl (C=O) groups excluding carboxylic acids is 1. The third kappa shape index (κ3) is 5.00. The van der Waals surface area contributed by atoms with Crippen LogP contribution in [0.25, 0.3) is 16.2 Å². The Balaban J connectivity index is 1.59. The largest absolute Gasteiger partial charge is 0.364 e. The number of hydrogen-bond donors (Lipinski definition) is 1. The number of imidazole rings is 1. The predicted octanol–water partition coefficient (Wildman–Crippen LogP) is 5.06. The van der Waals surface area contributed by atoms with Gasteiger partial charge in [0.1, 0.15) is 5.69 Å². The van der Waals surface area contributed by atoms with Crippen LogP contribution < -0.4 is 10.2 Å². The summed E-state index contributed by atoms with van der Waals surface area (Å²) in [5, 5.41) is 9.54. The summed E-state index contributed by atoms with van der Waals surface area (Å²) in [4.78, 5) is 22.9. The van der Waals surface area contributed by atoms with Crippen LogP contribution in [-0.2, 0) is 4.79 Å². The fraction of sp³-hybridized carbons (Fsp3) is 0.560. The molecule has 4 rings (SSSR count). The summed E-state index contributed by atoms with van der Waals surface area (Å²) < 4.78 is 1.95. The molecule has 3 heterocycles. The van der Waals surface area contributed by atoms with E-state index in [4.69, 9.17) is 10.1 Å². The molecule has 0 saturated carbocycles. The van der Waals surface area contributed by atoms with Crippen molar-refractivity contribution in [2.24, 2.45) is 5.92 Å². The number of nitrogens with zero attached hydrogens (tertiary/aromatic N) is 5. The Bertz CT molecular complexity index is 1120. The molecule has 1 aliphatic rings. The van der Waals surface area contributed by atoms with E-state index >= 15 is 0 Å². The summed E-state index contributed by atoms with van der Waals surface area (Å²) >= 11 is 1.61. The summed E-state index contributed by atoms with van der Waals surface area (Å²) in [5.41, 5.74) is 3.11. The highest BCUT2D eigenvalue weighted by molar-refractivity contribution is 7.20. The maximum atomic E-state index is 12.7. The second-order valence-corrected chi connectivity index (χ2v) is 10.9. The number of aromatic nitrogens is 3. The third-order valence-corrected chi connectivity index (χ3v) is 7.14. The number of benzene rings is 1. The van der Waals surface area contributed by atoms with Crippen molar-refractivity contribution < 1.29 is 4.79 Å². The van der Waals surface area contributed by atoms with E-state index in [1.807, 2.05) is 9.42 Å². The first kappa shape index (κ1) is 23.5. The van der Waals surface area contributed by atoms with Gasteiger partial charge >= 0.3 is 0 Å². The zero-order valence-electron chi connectivity index (χ0n) is 20.7. The molecule has 8 heteroatoms. The zero-order valence-corrected chi connectivity index (χ0v) is 21.5. The van der Waals surface area contributed by atoms with Gasteiger partial charge in [0.2, 0.25) is 16.0 Å². The van der Waals surface area contributed by atoms with Crippen molar-refractivity contribution in [2.75, 3.05) is 36.4 Å². The van der Waals surface area contributed by atoms with E-state index in [2.05, 4.69) is 76.0 Å². The highest BCUT2D eigenvalue weighted by atomic mass is 32.1. The number of amides is 1. The number of rotatable bonds is 6. The van der Waals surface area contributed by atoms with Crippen LogP contribution in [0.2, 0.25) is 0 Å². The quantitative estimate of drug-likeness (QED) is 0.548. The van der Waals surface area contributed by atoms with Crippen LogP contribution in [0, 0.1) is 12.8 Å². The molecule has 178 valence electrons. The lowest BCUT2D eigenvalue weighted by Gasteiger charge is -2.36. The minimum atomic E-state index is -0.126. The lowest BCUT2D eigenvalue weighted by atomic mass is 10.0. The minimum Gasteiger partial charge on any atom is -0.364 e. The van der Waals surface area contributed by atoms with Crippen LogP contribution in [0.4, 0.5) is 10.9 Å². The first-order valence-electron chi connectivity index (χ1n) is 12.0. The molecular weight excluding hydrogens is 432 g/mol.